The van der Waals surface area contributed by atoms with Crippen LogP contribution in [0.25, 0.3) is 5.69 Å². The Bertz CT molecular complexity index is 1520. The smallest absolute Gasteiger partial charge is 0.396 e. The van der Waals surface area contributed by atoms with Crippen LogP contribution >= 0.6 is 0 Å². The zero-order chi connectivity index (χ0) is 32.1. The number of carbonyl (C=O) groups is 2. The molecule has 4 N–H and O–H groups in total. The number of piperazine rings is 1. The van der Waals surface area contributed by atoms with Crippen LogP contribution in [0.3, 0.4) is 0 Å². The first kappa shape index (κ1) is 32.1. The van der Waals surface area contributed by atoms with Gasteiger partial charge in [-0.05, 0) is 50.3 Å². The minimum atomic E-state index is -5.00. The largest absolute Gasteiger partial charge is 0.417 e. The number of hydrogen-bond acceptors (Lipinski definition) is 9. The van der Waals surface area contributed by atoms with E-state index in [4.69, 9.17) is 10.5 Å². The summed E-state index contributed by atoms with van der Waals surface area (Å²) in [4.78, 5) is 32.4. The molecule has 0 spiro atoms. The summed E-state index contributed by atoms with van der Waals surface area (Å²) in [7, 11) is 1.98. The lowest BCUT2D eigenvalue weighted by Crippen LogP contribution is -2.44. The number of nitrogens with one attached hydrogen (secondary N) is 2. The molecule has 0 atom stereocenters. The minimum absolute atomic E-state index is 0.0757. The third-order valence-electron chi connectivity index (χ3n) is 7.79. The average molecular weight is 634 g/mol. The van der Waals surface area contributed by atoms with Crippen molar-refractivity contribution in [2.45, 2.75) is 12.6 Å². The van der Waals surface area contributed by atoms with Gasteiger partial charge in [-0.3, -0.25) is 14.5 Å². The van der Waals surface area contributed by atoms with E-state index in [1.165, 1.54) is 16.9 Å². The monoisotopic (exact) mass is 633 g/mol. The van der Waals surface area contributed by atoms with Gasteiger partial charge >= 0.3 is 6.18 Å². The number of ether oxygens (including phenoxy) is 1. The van der Waals surface area contributed by atoms with Crippen LogP contribution in [0.5, 0.6) is 0 Å². The summed E-state index contributed by atoms with van der Waals surface area (Å²) in [6, 6.07) is 5.85. The summed E-state index contributed by atoms with van der Waals surface area (Å²) in [5.41, 5.74) is 3.93. The third kappa shape index (κ3) is 7.87. The Labute approximate surface area is 257 Å². The average Bonchev–Trinajstić information content (AvgIpc) is 3.51. The molecule has 45 heavy (non-hydrogen) atoms. The molecule has 0 unspecified atom stereocenters. The number of nitrogen functional groups attached to an aromatic ring is 1. The van der Waals surface area contributed by atoms with Crippen molar-refractivity contribution in [3.8, 4) is 5.69 Å². The van der Waals surface area contributed by atoms with E-state index in [0.717, 1.165) is 39.1 Å². The van der Waals surface area contributed by atoms with E-state index in [1.807, 2.05) is 11.9 Å². The molecule has 3 heterocycles. The summed E-state index contributed by atoms with van der Waals surface area (Å²) in [5, 5.41) is 13.4. The fourth-order valence-electron chi connectivity index (χ4n) is 5.21. The molecule has 16 heteroatoms. The summed E-state index contributed by atoms with van der Waals surface area (Å²) in [6.07, 6.45) is -2.81. The molecule has 0 radical (unpaired) electrons. The maximum atomic E-state index is 14.0. The molecule has 2 aromatic carbocycles. The highest BCUT2D eigenvalue weighted by Gasteiger charge is 2.36. The molecular weight excluding hydrogens is 598 g/mol. The Hall–Kier alpha value is -4.28. The standard InChI is InChI=1S/C29H35F4N9O3/c1-39-7-9-41(10-8-39)26-4-3-19(15-24(26)36-27(43)20-16-23(34)22(30)17-21(20)29(31,32)33)42-18-25(37-38-42)28(44)35-5-2-6-40-11-13-45-14-12-40/h3-4,15-18H,2,5-14,34H2,1H3,(H,35,44)(H,36,43). The SMILES string of the molecule is CN1CCN(c2ccc(-n3cc(C(=O)NCCCN4CCOCC4)nn3)cc2NC(=O)c2cc(N)c(F)cc2C(F)(F)F)CC1. The summed E-state index contributed by atoms with van der Waals surface area (Å²) < 4.78 is 61.9. The van der Waals surface area contributed by atoms with Gasteiger partial charge in [0.1, 0.15) is 5.82 Å². The second-order valence-corrected chi connectivity index (χ2v) is 11.0. The van der Waals surface area contributed by atoms with Crippen molar-refractivity contribution < 1.29 is 31.9 Å². The number of likely N-dealkylation sites (N-methyl/N-ethyl adjacent to an activating group) is 1. The van der Waals surface area contributed by atoms with Crippen LogP contribution in [0.2, 0.25) is 0 Å². The number of rotatable bonds is 9. The van der Waals surface area contributed by atoms with Gasteiger partial charge in [0, 0.05) is 45.8 Å². The molecule has 1 aromatic heterocycles. The first-order valence-corrected chi connectivity index (χ1v) is 14.6. The molecule has 0 aliphatic carbocycles. The van der Waals surface area contributed by atoms with Crippen LogP contribution in [-0.2, 0) is 10.9 Å². The molecule has 12 nitrogen and oxygen atoms in total. The number of anilines is 3. The highest BCUT2D eigenvalue weighted by molar-refractivity contribution is 6.07. The van der Waals surface area contributed by atoms with Gasteiger partial charge in [0.15, 0.2) is 5.69 Å². The Kier molecular flexibility index (Phi) is 9.84. The predicted octanol–water partition coefficient (Wildman–Crippen LogP) is 2.46. The van der Waals surface area contributed by atoms with E-state index < -0.39 is 40.6 Å². The van der Waals surface area contributed by atoms with Crippen molar-refractivity contribution in [1.82, 2.24) is 30.1 Å². The second-order valence-electron chi connectivity index (χ2n) is 11.0. The van der Waals surface area contributed by atoms with Crippen molar-refractivity contribution in [2.75, 3.05) is 88.6 Å². The van der Waals surface area contributed by atoms with Crippen molar-refractivity contribution >= 4 is 28.9 Å². The Balaban J connectivity index is 1.36. The molecule has 2 saturated heterocycles. The molecule has 2 aliphatic heterocycles. The lowest BCUT2D eigenvalue weighted by atomic mass is 10.0. The number of aromatic nitrogens is 3. The topological polar surface area (TPSA) is 134 Å². The van der Waals surface area contributed by atoms with Gasteiger partial charge in [0.2, 0.25) is 0 Å². The Morgan fingerprint density at radius 2 is 1.76 bits per heavy atom. The van der Waals surface area contributed by atoms with Gasteiger partial charge in [-0.2, -0.15) is 13.2 Å². The highest BCUT2D eigenvalue weighted by atomic mass is 19.4. The molecule has 242 valence electrons. The van der Waals surface area contributed by atoms with Crippen molar-refractivity contribution in [3.63, 3.8) is 0 Å². The number of hydrogen-bond donors (Lipinski definition) is 3. The summed E-state index contributed by atoms with van der Waals surface area (Å²) >= 11 is 0. The van der Waals surface area contributed by atoms with E-state index in [9.17, 15) is 27.2 Å². The number of halogens is 4. The molecule has 5 rings (SSSR count). The highest BCUT2D eigenvalue weighted by Crippen LogP contribution is 2.36. The van der Waals surface area contributed by atoms with Gasteiger partial charge in [-0.25, -0.2) is 9.07 Å². The van der Waals surface area contributed by atoms with E-state index in [2.05, 4.69) is 30.7 Å². The van der Waals surface area contributed by atoms with Crippen LogP contribution in [0.15, 0.2) is 36.5 Å². The lowest BCUT2D eigenvalue weighted by molar-refractivity contribution is -0.138. The number of amides is 2. The van der Waals surface area contributed by atoms with Gasteiger partial charge in [0.05, 0.1) is 53.3 Å². The predicted molar refractivity (Wildman–Crippen MR) is 159 cm³/mol. The fourth-order valence-corrected chi connectivity index (χ4v) is 5.21. The number of alkyl halides is 3. The van der Waals surface area contributed by atoms with E-state index in [0.29, 0.717) is 50.3 Å². The Morgan fingerprint density at radius 1 is 1.02 bits per heavy atom. The normalized spacial score (nSPS) is 16.5. The lowest BCUT2D eigenvalue weighted by Gasteiger charge is -2.35. The fraction of sp³-hybridized carbons (Fsp3) is 0.448. The van der Waals surface area contributed by atoms with Gasteiger partial charge < -0.3 is 30.9 Å². The third-order valence-corrected chi connectivity index (χ3v) is 7.79. The van der Waals surface area contributed by atoms with Crippen molar-refractivity contribution in [2.24, 2.45) is 0 Å². The van der Waals surface area contributed by atoms with Crippen LogP contribution < -0.4 is 21.3 Å². The number of benzene rings is 2. The van der Waals surface area contributed by atoms with Gasteiger partial charge in [0.25, 0.3) is 11.8 Å². The number of morpholine rings is 1. The van der Waals surface area contributed by atoms with E-state index in [-0.39, 0.29) is 17.4 Å². The molecule has 2 amide bonds. The maximum Gasteiger partial charge on any atom is 0.417 e. The van der Waals surface area contributed by atoms with Crippen LogP contribution in [0.4, 0.5) is 34.6 Å². The molecule has 3 aromatic rings. The van der Waals surface area contributed by atoms with Gasteiger partial charge in [-0.1, -0.05) is 5.21 Å². The first-order valence-electron chi connectivity index (χ1n) is 14.6. The van der Waals surface area contributed by atoms with Crippen LogP contribution in [0, 0.1) is 5.82 Å². The summed E-state index contributed by atoms with van der Waals surface area (Å²) in [6.45, 7) is 7.08. The van der Waals surface area contributed by atoms with E-state index in [1.54, 1.807) is 12.1 Å². The zero-order valence-corrected chi connectivity index (χ0v) is 24.7. The van der Waals surface area contributed by atoms with E-state index >= 15 is 0 Å². The molecule has 2 fully saturated rings. The van der Waals surface area contributed by atoms with Gasteiger partial charge in [-0.15, -0.1) is 5.10 Å². The van der Waals surface area contributed by atoms with Crippen LogP contribution in [-0.4, -0.2) is 109 Å². The summed E-state index contributed by atoms with van der Waals surface area (Å²) in [5.74, 6) is -2.79. The van der Waals surface area contributed by atoms with Crippen LogP contribution in [0.1, 0.15) is 32.8 Å². The molecule has 0 bridgehead atoms. The number of nitrogens with two attached hydrogens (primary N) is 1. The molecular formula is C29H35F4N9O3. The van der Waals surface area contributed by atoms with Crippen molar-refractivity contribution in [1.29, 1.82) is 0 Å². The first-order chi connectivity index (χ1) is 21.5. The maximum absolute atomic E-state index is 14.0. The minimum Gasteiger partial charge on any atom is -0.396 e. The Morgan fingerprint density at radius 3 is 2.47 bits per heavy atom. The zero-order valence-electron chi connectivity index (χ0n) is 24.7. The quantitative estimate of drug-likeness (QED) is 0.185. The molecule has 2 aliphatic rings. The number of nitrogens with zero attached hydrogens (tertiary/aromatic N) is 6. The molecule has 0 saturated carbocycles. The number of carbonyl (C=O) groups excluding carboxylic acids is 2. The second kappa shape index (κ2) is 13.8. The van der Waals surface area contributed by atoms with Crippen molar-refractivity contribution in [3.05, 3.63) is 59.2 Å².